The van der Waals surface area contributed by atoms with Gasteiger partial charge in [-0.15, -0.1) is 22.7 Å². The Morgan fingerprint density at radius 1 is 0.298 bits per heavy atom. The van der Waals surface area contributed by atoms with E-state index in [-0.39, 0.29) is 0 Å². The van der Waals surface area contributed by atoms with Crippen molar-refractivity contribution in [2.24, 2.45) is 0 Å². The highest BCUT2D eigenvalue weighted by molar-refractivity contribution is 7.28. The molecule has 57 heavy (non-hydrogen) atoms. The summed E-state index contributed by atoms with van der Waals surface area (Å²) in [6.45, 7) is 0. The molecule has 0 unspecified atom stereocenters. The molecule has 0 aliphatic carbocycles. The zero-order chi connectivity index (χ0) is 37.2. The zero-order valence-corrected chi connectivity index (χ0v) is 32.2. The van der Waals surface area contributed by atoms with E-state index >= 15 is 0 Å². The van der Waals surface area contributed by atoms with Gasteiger partial charge in [0.2, 0.25) is 0 Å². The molecule has 0 spiro atoms. The zero-order valence-electron chi connectivity index (χ0n) is 30.5. The summed E-state index contributed by atoms with van der Waals surface area (Å²) in [4.78, 5) is 0. The third kappa shape index (κ3) is 4.61. The van der Waals surface area contributed by atoms with Crippen molar-refractivity contribution in [1.29, 1.82) is 0 Å². The normalized spacial score (nSPS) is 12.2. The molecule has 3 heterocycles. The third-order valence-electron chi connectivity index (χ3n) is 12.0. The summed E-state index contributed by atoms with van der Waals surface area (Å²) in [5, 5.41) is 15.2. The summed E-state index contributed by atoms with van der Waals surface area (Å²) in [5.74, 6) is 0. The smallest absolute Gasteiger partial charge is 0.136 e. The fourth-order valence-electron chi connectivity index (χ4n) is 9.46. The van der Waals surface area contributed by atoms with Crippen molar-refractivity contribution in [2.45, 2.75) is 0 Å². The minimum Gasteiger partial charge on any atom is -0.456 e. The van der Waals surface area contributed by atoms with E-state index < -0.39 is 0 Å². The number of rotatable bonds is 3. The lowest BCUT2D eigenvalue weighted by atomic mass is 9.84. The average molecular weight is 759 g/mol. The Labute approximate surface area is 335 Å². The highest BCUT2D eigenvalue weighted by Gasteiger charge is 2.20. The van der Waals surface area contributed by atoms with Crippen molar-refractivity contribution >= 4 is 117 Å². The molecule has 0 atom stereocenters. The lowest BCUT2D eigenvalue weighted by Gasteiger charge is -2.18. The van der Waals surface area contributed by atoms with Gasteiger partial charge in [-0.2, -0.15) is 0 Å². The molecule has 3 heteroatoms. The van der Waals surface area contributed by atoms with Gasteiger partial charge in [0, 0.05) is 51.1 Å². The van der Waals surface area contributed by atoms with Crippen LogP contribution in [-0.4, -0.2) is 0 Å². The van der Waals surface area contributed by atoms with E-state index in [2.05, 4.69) is 176 Å². The molecule has 1 nitrogen and oxygen atoms in total. The van der Waals surface area contributed by atoms with Gasteiger partial charge in [0.1, 0.15) is 11.2 Å². The van der Waals surface area contributed by atoms with Crippen molar-refractivity contribution in [3.63, 3.8) is 0 Å². The van der Waals surface area contributed by atoms with E-state index in [0.29, 0.717) is 0 Å². The van der Waals surface area contributed by atoms with Gasteiger partial charge in [-0.1, -0.05) is 133 Å². The Morgan fingerprint density at radius 3 is 1.63 bits per heavy atom. The summed E-state index contributed by atoms with van der Waals surface area (Å²) in [5.41, 5.74) is 9.20. The topological polar surface area (TPSA) is 13.1 Å². The lowest BCUT2D eigenvalue weighted by Crippen LogP contribution is -1.91. The Kier molecular flexibility index (Phi) is 6.54. The van der Waals surface area contributed by atoms with Gasteiger partial charge < -0.3 is 4.42 Å². The summed E-state index contributed by atoms with van der Waals surface area (Å²) in [7, 11) is 0. The van der Waals surface area contributed by atoms with Crippen LogP contribution in [0.1, 0.15) is 0 Å². The molecule has 0 N–H and O–H groups in total. The predicted octanol–water partition coefficient (Wildman–Crippen LogP) is 16.8. The van der Waals surface area contributed by atoms with Crippen LogP contribution in [-0.2, 0) is 0 Å². The van der Waals surface area contributed by atoms with Crippen molar-refractivity contribution < 1.29 is 4.42 Å². The van der Waals surface area contributed by atoms with Gasteiger partial charge >= 0.3 is 0 Å². The van der Waals surface area contributed by atoms with Crippen LogP contribution in [0.3, 0.4) is 0 Å². The second-order valence-electron chi connectivity index (χ2n) is 15.2. The second-order valence-corrected chi connectivity index (χ2v) is 17.3. The number of hydrogen-bond acceptors (Lipinski definition) is 3. The maximum absolute atomic E-state index is 6.36. The summed E-state index contributed by atoms with van der Waals surface area (Å²) in [6.07, 6.45) is 0. The summed E-state index contributed by atoms with van der Waals surface area (Å²) in [6, 6.07) is 67.2. The highest BCUT2D eigenvalue weighted by atomic mass is 32.1. The molecule has 0 saturated carbocycles. The largest absolute Gasteiger partial charge is 0.456 e. The van der Waals surface area contributed by atoms with Crippen LogP contribution < -0.4 is 0 Å². The lowest BCUT2D eigenvalue weighted by molar-refractivity contribution is 0.669. The van der Waals surface area contributed by atoms with Crippen LogP contribution in [0, 0.1) is 0 Å². The first-order chi connectivity index (χ1) is 28.2. The molecule has 0 aliphatic heterocycles. The Bertz CT molecular complexity index is 3750. The predicted molar refractivity (Wildman–Crippen MR) is 248 cm³/mol. The monoisotopic (exact) mass is 758 g/mol. The molecule has 0 radical (unpaired) electrons. The molecule has 0 bridgehead atoms. The number of fused-ring (bicyclic) bond motifs is 12. The molecular weight excluding hydrogens is 729 g/mol. The Balaban J connectivity index is 0.934. The molecule has 13 aromatic rings. The molecule has 13 rings (SSSR count). The summed E-state index contributed by atoms with van der Waals surface area (Å²) < 4.78 is 11.8. The SMILES string of the molecule is c1ccc2c(c1)oc1cccc(-c3c4ccccc4c(-c4ccc(-c5ccc6cc7c(cc6c5)sc5cc6sc8ccccc8c6cc57)cc4)c4ccccc34)c12. The van der Waals surface area contributed by atoms with Gasteiger partial charge in [-0.05, 0) is 114 Å². The number of furan rings is 1. The van der Waals surface area contributed by atoms with E-state index in [4.69, 9.17) is 4.42 Å². The molecular formula is C54H30OS2. The summed E-state index contributed by atoms with van der Waals surface area (Å²) >= 11 is 3.80. The second kappa shape index (κ2) is 11.9. The van der Waals surface area contributed by atoms with Gasteiger partial charge in [0.15, 0.2) is 0 Å². The maximum atomic E-state index is 6.36. The molecule has 0 fully saturated rings. The van der Waals surface area contributed by atoms with Gasteiger partial charge in [-0.25, -0.2) is 0 Å². The van der Waals surface area contributed by atoms with E-state index in [9.17, 15) is 0 Å². The van der Waals surface area contributed by atoms with Gasteiger partial charge in [0.25, 0.3) is 0 Å². The molecule has 264 valence electrons. The minimum absolute atomic E-state index is 0.914. The average Bonchev–Trinajstić information content (AvgIpc) is 3.94. The van der Waals surface area contributed by atoms with Gasteiger partial charge in [-0.3, -0.25) is 0 Å². The van der Waals surface area contributed by atoms with Crippen LogP contribution in [0.2, 0.25) is 0 Å². The van der Waals surface area contributed by atoms with E-state index in [1.807, 2.05) is 28.7 Å². The maximum Gasteiger partial charge on any atom is 0.136 e. The number of thiophene rings is 2. The fourth-order valence-corrected chi connectivity index (χ4v) is 11.8. The molecule has 10 aromatic carbocycles. The fraction of sp³-hybridized carbons (Fsp3) is 0. The van der Waals surface area contributed by atoms with Crippen LogP contribution in [0.4, 0.5) is 0 Å². The van der Waals surface area contributed by atoms with E-state index in [1.54, 1.807) is 0 Å². The molecule has 3 aromatic heterocycles. The minimum atomic E-state index is 0.914. The standard InChI is InChI=1S/C54H30OS2/c1-3-13-39-37(11-1)52(38-12-2-4-14-40(38)53(39)42-16-9-18-47-54(42)41-15-5-7-17-46(41)55-47)32-22-20-31(21-23-32)33-24-25-34-27-43-45-29-44-36-10-6-8-19-48(36)56-50(44)30-51(45)57-49(43)28-35(34)26-33/h1-30H. The van der Waals surface area contributed by atoms with E-state index in [1.165, 1.54) is 106 Å². The Morgan fingerprint density at radius 2 is 0.860 bits per heavy atom. The quantitative estimate of drug-likeness (QED) is 0.164. The number of benzene rings is 10. The number of hydrogen-bond donors (Lipinski definition) is 0. The van der Waals surface area contributed by atoms with Crippen molar-refractivity contribution in [3.05, 3.63) is 182 Å². The van der Waals surface area contributed by atoms with Crippen molar-refractivity contribution in [3.8, 4) is 33.4 Å². The highest BCUT2D eigenvalue weighted by Crippen LogP contribution is 2.48. The molecule has 0 saturated heterocycles. The van der Waals surface area contributed by atoms with Crippen molar-refractivity contribution in [2.75, 3.05) is 0 Å². The van der Waals surface area contributed by atoms with Gasteiger partial charge in [0.05, 0.1) is 0 Å². The van der Waals surface area contributed by atoms with Crippen LogP contribution in [0.15, 0.2) is 186 Å². The first kappa shape index (κ1) is 31.4. The molecule has 0 aliphatic rings. The van der Waals surface area contributed by atoms with Crippen LogP contribution in [0.5, 0.6) is 0 Å². The van der Waals surface area contributed by atoms with Crippen molar-refractivity contribution in [1.82, 2.24) is 0 Å². The van der Waals surface area contributed by atoms with Crippen LogP contribution >= 0.6 is 22.7 Å². The van der Waals surface area contributed by atoms with Crippen LogP contribution in [0.25, 0.3) is 128 Å². The molecule has 0 amide bonds. The number of para-hydroxylation sites is 1. The third-order valence-corrected chi connectivity index (χ3v) is 14.3. The Hall–Kier alpha value is -6.78. The van der Waals surface area contributed by atoms with E-state index in [0.717, 1.165) is 21.9 Å². The first-order valence-corrected chi connectivity index (χ1v) is 21.0. The first-order valence-electron chi connectivity index (χ1n) is 19.4.